The predicted octanol–water partition coefficient (Wildman–Crippen LogP) is -0.164. The Bertz CT molecular complexity index is 160. The lowest BCUT2D eigenvalue weighted by Crippen LogP contribution is -2.54. The van der Waals surface area contributed by atoms with E-state index >= 15 is 0 Å². The van der Waals surface area contributed by atoms with Gasteiger partial charge in [-0.1, -0.05) is 0 Å². The number of carbonyl (C=O) groups is 1. The molecule has 0 aromatic carbocycles. The highest BCUT2D eigenvalue weighted by Gasteiger charge is 2.30. The fourth-order valence-electron chi connectivity index (χ4n) is 1.24. The molecule has 11 heavy (non-hydrogen) atoms. The normalized spacial score (nSPS) is 38.5. The van der Waals surface area contributed by atoms with Gasteiger partial charge < -0.3 is 9.84 Å². The number of carboxylic acid groups (broad SMARTS) is 1. The molecule has 1 aliphatic rings. The van der Waals surface area contributed by atoms with Gasteiger partial charge in [0.05, 0.1) is 12.2 Å². The summed E-state index contributed by atoms with van der Waals surface area (Å²) >= 11 is 0. The Kier molecular flexibility index (Phi) is 2.46. The van der Waals surface area contributed by atoms with E-state index in [0.717, 1.165) is 0 Å². The summed E-state index contributed by atoms with van der Waals surface area (Å²) in [5, 5.41) is 11.5. The highest BCUT2D eigenvalue weighted by molar-refractivity contribution is 5.74. The smallest absolute Gasteiger partial charge is 0.323 e. The molecule has 0 aromatic heterocycles. The van der Waals surface area contributed by atoms with Crippen molar-refractivity contribution in [3.05, 3.63) is 0 Å². The molecule has 4 heteroatoms. The summed E-state index contributed by atoms with van der Waals surface area (Å²) < 4.78 is 5.32. The maximum absolute atomic E-state index is 10.5. The van der Waals surface area contributed by atoms with Crippen LogP contribution in [0.5, 0.6) is 0 Å². The van der Waals surface area contributed by atoms with E-state index in [9.17, 15) is 4.79 Å². The van der Waals surface area contributed by atoms with E-state index in [2.05, 4.69) is 5.32 Å². The van der Waals surface area contributed by atoms with Gasteiger partial charge in [-0.05, 0) is 13.8 Å². The summed E-state index contributed by atoms with van der Waals surface area (Å²) in [5.74, 6) is -0.843. The first kappa shape index (κ1) is 8.49. The largest absolute Gasteiger partial charge is 0.480 e. The van der Waals surface area contributed by atoms with Crippen molar-refractivity contribution in [2.75, 3.05) is 6.54 Å². The molecule has 4 nitrogen and oxygen atoms in total. The van der Waals surface area contributed by atoms with Crippen LogP contribution in [0.1, 0.15) is 13.8 Å². The first-order valence-corrected chi connectivity index (χ1v) is 3.73. The summed E-state index contributed by atoms with van der Waals surface area (Å²) in [6, 6.07) is -0.550. The lowest BCUT2D eigenvalue weighted by Gasteiger charge is -2.31. The zero-order valence-corrected chi connectivity index (χ0v) is 6.70. The molecular formula is C7H13NO3. The topological polar surface area (TPSA) is 58.6 Å². The van der Waals surface area contributed by atoms with Gasteiger partial charge in [-0.15, -0.1) is 0 Å². The Morgan fingerprint density at radius 1 is 1.64 bits per heavy atom. The molecule has 0 amide bonds. The third kappa shape index (κ3) is 1.91. The zero-order chi connectivity index (χ0) is 8.43. The fraction of sp³-hybridized carbons (Fsp3) is 0.857. The fourth-order valence-corrected chi connectivity index (χ4v) is 1.24. The van der Waals surface area contributed by atoms with E-state index in [4.69, 9.17) is 9.84 Å². The molecule has 1 saturated heterocycles. The van der Waals surface area contributed by atoms with Gasteiger partial charge in [-0.25, -0.2) is 0 Å². The minimum Gasteiger partial charge on any atom is -0.480 e. The Labute approximate surface area is 65.5 Å². The van der Waals surface area contributed by atoms with Crippen molar-refractivity contribution in [1.82, 2.24) is 5.32 Å². The number of carboxylic acids is 1. The van der Waals surface area contributed by atoms with Crippen LogP contribution in [0.3, 0.4) is 0 Å². The monoisotopic (exact) mass is 159 g/mol. The van der Waals surface area contributed by atoms with E-state index in [1.165, 1.54) is 0 Å². The van der Waals surface area contributed by atoms with Crippen molar-refractivity contribution in [2.45, 2.75) is 32.1 Å². The molecule has 1 aliphatic heterocycles. The summed E-state index contributed by atoms with van der Waals surface area (Å²) in [6.45, 7) is 4.30. The predicted molar refractivity (Wildman–Crippen MR) is 39.4 cm³/mol. The highest BCUT2D eigenvalue weighted by Crippen LogP contribution is 2.08. The van der Waals surface area contributed by atoms with Gasteiger partial charge >= 0.3 is 5.97 Å². The van der Waals surface area contributed by atoms with Crippen molar-refractivity contribution < 1.29 is 14.6 Å². The summed E-state index contributed by atoms with van der Waals surface area (Å²) in [4.78, 5) is 10.5. The van der Waals surface area contributed by atoms with E-state index in [0.29, 0.717) is 6.54 Å². The van der Waals surface area contributed by atoms with Gasteiger partial charge in [0.2, 0.25) is 0 Å². The van der Waals surface area contributed by atoms with Crippen molar-refractivity contribution in [1.29, 1.82) is 0 Å². The first-order valence-electron chi connectivity index (χ1n) is 3.73. The molecule has 0 spiro atoms. The molecule has 1 heterocycles. The SMILES string of the molecule is C[C@@H]1CN[C@@H](C(=O)O)[C@H](C)O1. The number of morpholine rings is 1. The molecule has 0 unspecified atom stereocenters. The van der Waals surface area contributed by atoms with Crippen LogP contribution in [0.2, 0.25) is 0 Å². The molecule has 2 N–H and O–H groups in total. The van der Waals surface area contributed by atoms with Crippen LogP contribution in [0.4, 0.5) is 0 Å². The van der Waals surface area contributed by atoms with Gasteiger partial charge in [0.1, 0.15) is 6.04 Å². The number of nitrogens with one attached hydrogen (secondary N) is 1. The number of hydrogen-bond acceptors (Lipinski definition) is 3. The average Bonchev–Trinajstić information content (AvgIpc) is 1.85. The molecule has 0 aliphatic carbocycles. The summed E-state index contributed by atoms with van der Waals surface area (Å²) in [6.07, 6.45) is -0.128. The molecule has 1 rings (SSSR count). The minimum absolute atomic E-state index is 0.112. The van der Waals surface area contributed by atoms with Crippen LogP contribution in [0, 0.1) is 0 Å². The van der Waals surface area contributed by atoms with Crippen LogP contribution >= 0.6 is 0 Å². The molecule has 0 bridgehead atoms. The molecule has 64 valence electrons. The lowest BCUT2D eigenvalue weighted by molar-refractivity contribution is -0.148. The molecular weight excluding hydrogens is 146 g/mol. The van der Waals surface area contributed by atoms with Gasteiger partial charge in [-0.2, -0.15) is 0 Å². The second-order valence-corrected chi connectivity index (χ2v) is 2.88. The third-order valence-corrected chi connectivity index (χ3v) is 1.81. The summed E-state index contributed by atoms with van der Waals surface area (Å²) in [5.41, 5.74) is 0. The van der Waals surface area contributed by atoms with Crippen molar-refractivity contribution in [3.8, 4) is 0 Å². The second-order valence-electron chi connectivity index (χ2n) is 2.88. The van der Waals surface area contributed by atoms with Crippen LogP contribution in [-0.4, -0.2) is 35.9 Å². The van der Waals surface area contributed by atoms with E-state index in [1.54, 1.807) is 6.92 Å². The Morgan fingerprint density at radius 3 is 2.73 bits per heavy atom. The van der Waals surface area contributed by atoms with Crippen molar-refractivity contribution in [2.24, 2.45) is 0 Å². The average molecular weight is 159 g/mol. The lowest BCUT2D eigenvalue weighted by atomic mass is 10.1. The number of hydrogen-bond donors (Lipinski definition) is 2. The first-order chi connectivity index (χ1) is 5.11. The Balaban J connectivity index is 2.50. The second kappa shape index (κ2) is 3.19. The molecule has 0 aromatic rings. The Morgan fingerprint density at radius 2 is 2.27 bits per heavy atom. The molecule has 3 atom stereocenters. The van der Waals surface area contributed by atoms with Crippen LogP contribution in [0.15, 0.2) is 0 Å². The number of ether oxygens (including phenoxy) is 1. The van der Waals surface area contributed by atoms with Crippen LogP contribution in [-0.2, 0) is 9.53 Å². The maximum atomic E-state index is 10.5. The van der Waals surface area contributed by atoms with Gasteiger partial charge in [0, 0.05) is 6.54 Å². The van der Waals surface area contributed by atoms with Crippen molar-refractivity contribution >= 4 is 5.97 Å². The van der Waals surface area contributed by atoms with Gasteiger partial charge in [0.15, 0.2) is 0 Å². The number of rotatable bonds is 1. The maximum Gasteiger partial charge on any atom is 0.323 e. The Hall–Kier alpha value is -0.610. The zero-order valence-electron chi connectivity index (χ0n) is 6.70. The van der Waals surface area contributed by atoms with Crippen LogP contribution in [0.25, 0.3) is 0 Å². The highest BCUT2D eigenvalue weighted by atomic mass is 16.5. The van der Waals surface area contributed by atoms with E-state index in [-0.39, 0.29) is 12.2 Å². The molecule has 0 radical (unpaired) electrons. The minimum atomic E-state index is -0.843. The summed E-state index contributed by atoms with van der Waals surface area (Å²) in [7, 11) is 0. The molecule has 1 fully saturated rings. The third-order valence-electron chi connectivity index (χ3n) is 1.81. The van der Waals surface area contributed by atoms with Gasteiger partial charge in [-0.3, -0.25) is 10.1 Å². The molecule has 0 saturated carbocycles. The van der Waals surface area contributed by atoms with E-state index < -0.39 is 12.0 Å². The van der Waals surface area contributed by atoms with Crippen molar-refractivity contribution in [3.63, 3.8) is 0 Å². The standard InChI is InChI=1S/C7H13NO3/c1-4-3-8-6(7(9)10)5(2)11-4/h4-6,8H,3H2,1-2H3,(H,9,10)/t4-,5+,6-/m1/s1. The van der Waals surface area contributed by atoms with Crippen LogP contribution < -0.4 is 5.32 Å². The quantitative estimate of drug-likeness (QED) is 0.558. The van der Waals surface area contributed by atoms with Gasteiger partial charge in [0.25, 0.3) is 0 Å². The van der Waals surface area contributed by atoms with E-state index in [1.807, 2.05) is 6.92 Å². The number of aliphatic carboxylic acids is 1.